The summed E-state index contributed by atoms with van der Waals surface area (Å²) in [4.78, 5) is 2.80. The molecule has 2 heteroatoms. The van der Waals surface area contributed by atoms with Crippen LogP contribution in [0.15, 0.2) is 155 Å². The molecule has 0 saturated carbocycles. The highest BCUT2D eigenvalue weighted by atomic mass is 15.2. The normalized spacial score (nSPS) is 25.9. The van der Waals surface area contributed by atoms with Crippen molar-refractivity contribution in [1.29, 1.82) is 0 Å². The van der Waals surface area contributed by atoms with E-state index in [4.69, 9.17) is 0 Å². The fourth-order valence-corrected chi connectivity index (χ4v) is 9.60. The Kier molecular flexibility index (Phi) is 7.36. The van der Waals surface area contributed by atoms with Crippen LogP contribution in [-0.4, -0.2) is 21.6 Å². The summed E-state index contributed by atoms with van der Waals surface area (Å²) in [5.41, 5.74) is 14.3. The van der Waals surface area contributed by atoms with Gasteiger partial charge < -0.3 is 9.47 Å². The van der Waals surface area contributed by atoms with Gasteiger partial charge in [0.1, 0.15) is 0 Å². The van der Waals surface area contributed by atoms with Gasteiger partial charge in [-0.15, -0.1) is 0 Å². The molecular formula is C48H44N2. The smallest absolute Gasteiger partial charge is 0.0587 e. The molecule has 0 radical (unpaired) electrons. The van der Waals surface area contributed by atoms with Crippen molar-refractivity contribution in [2.75, 3.05) is 0 Å². The molecule has 2 heterocycles. The zero-order chi connectivity index (χ0) is 33.0. The quantitative estimate of drug-likeness (QED) is 0.268. The van der Waals surface area contributed by atoms with E-state index in [1.165, 1.54) is 55.4 Å². The fraction of sp³-hybridized carbons (Fsp3) is 0.250. The van der Waals surface area contributed by atoms with Gasteiger partial charge in [-0.2, -0.15) is 0 Å². The van der Waals surface area contributed by atoms with Crippen LogP contribution in [0, 0.1) is 11.8 Å². The van der Waals surface area contributed by atoms with Gasteiger partial charge in [-0.3, -0.25) is 0 Å². The largest absolute Gasteiger partial charge is 0.360 e. The van der Waals surface area contributed by atoms with Crippen molar-refractivity contribution in [2.45, 2.75) is 63.5 Å². The standard InChI is InChI=1S/C48H44N2/c1-3-11-33(12-4-1)35-19-25-39(26-20-35)49-45-17-9-7-15-41(45)43-31-37(23-29-47(43)49)38-24-30-48-44(32-38)42-16-8-10-18-46(42)50(48)40-27-21-36(22-28-40)34-13-5-2-6-14-34/h1-8,11-13,15-16,19-22,24-27,29,31-32,34,37,40,48H,9-10,14,17-18,23,28,30H2/t34?,37?,40-,48?/m1/s1. The molecule has 0 fully saturated rings. The van der Waals surface area contributed by atoms with Crippen LogP contribution >= 0.6 is 0 Å². The zero-order valence-electron chi connectivity index (χ0n) is 28.7. The molecule has 2 aromatic carbocycles. The monoisotopic (exact) mass is 648 g/mol. The van der Waals surface area contributed by atoms with Crippen molar-refractivity contribution in [3.63, 3.8) is 0 Å². The predicted octanol–water partition coefficient (Wildman–Crippen LogP) is 9.62. The van der Waals surface area contributed by atoms with Crippen molar-refractivity contribution in [3.8, 4) is 16.8 Å². The molecule has 0 amide bonds. The van der Waals surface area contributed by atoms with Gasteiger partial charge in [-0.25, -0.2) is 0 Å². The molecule has 246 valence electrons. The number of hydrogen-bond donors (Lipinski definition) is 0. The number of benzene rings is 2. The lowest BCUT2D eigenvalue weighted by Crippen LogP contribution is -2.40. The molecule has 4 atom stereocenters. The Hall–Kier alpha value is -5.08. The van der Waals surface area contributed by atoms with E-state index in [-0.39, 0.29) is 0 Å². The Morgan fingerprint density at radius 3 is 2.32 bits per heavy atom. The van der Waals surface area contributed by atoms with Crippen molar-refractivity contribution in [1.82, 2.24) is 9.47 Å². The third-order valence-corrected chi connectivity index (χ3v) is 12.0. The molecule has 0 spiro atoms. The Bertz CT molecular complexity index is 2270. The van der Waals surface area contributed by atoms with Crippen LogP contribution in [0.3, 0.4) is 0 Å². The van der Waals surface area contributed by atoms with Gasteiger partial charge in [-0.05, 0) is 96.9 Å². The lowest BCUT2D eigenvalue weighted by molar-refractivity contribution is 0.246. The minimum atomic E-state index is 0.398. The molecule has 3 unspecified atom stereocenters. The van der Waals surface area contributed by atoms with Crippen LogP contribution in [0.25, 0.3) is 35.0 Å². The third kappa shape index (κ3) is 4.99. The average molecular weight is 649 g/mol. The first-order valence-electron chi connectivity index (χ1n) is 18.9. The second kappa shape index (κ2) is 12.4. The van der Waals surface area contributed by atoms with Gasteiger partial charge in [0.05, 0.1) is 12.1 Å². The average Bonchev–Trinajstić information content (AvgIpc) is 3.71. The number of rotatable bonds is 5. The summed E-state index contributed by atoms with van der Waals surface area (Å²) in [6.07, 6.45) is 45.2. The van der Waals surface area contributed by atoms with Crippen molar-refractivity contribution >= 4 is 18.2 Å². The van der Waals surface area contributed by atoms with Crippen LogP contribution in [-0.2, 0) is 6.42 Å². The van der Waals surface area contributed by atoms with Gasteiger partial charge in [0.2, 0.25) is 0 Å². The highest BCUT2D eigenvalue weighted by Crippen LogP contribution is 2.46. The highest BCUT2D eigenvalue weighted by molar-refractivity contribution is 5.67. The maximum atomic E-state index is 2.80. The van der Waals surface area contributed by atoms with Crippen LogP contribution in [0.2, 0.25) is 0 Å². The first-order chi connectivity index (χ1) is 24.8. The molecular weight excluding hydrogens is 605 g/mol. The lowest BCUT2D eigenvalue weighted by Gasteiger charge is -2.38. The molecule has 6 aliphatic carbocycles. The van der Waals surface area contributed by atoms with Crippen molar-refractivity contribution in [3.05, 3.63) is 177 Å². The van der Waals surface area contributed by atoms with E-state index in [0.717, 1.165) is 51.4 Å². The number of hydrogen-bond acceptors (Lipinski definition) is 1. The summed E-state index contributed by atoms with van der Waals surface area (Å²) >= 11 is 0. The topological polar surface area (TPSA) is 8.17 Å². The molecule has 0 bridgehead atoms. The number of allylic oxidation sites excluding steroid dienone is 12. The highest BCUT2D eigenvalue weighted by Gasteiger charge is 2.40. The molecule has 1 aromatic heterocycles. The third-order valence-electron chi connectivity index (χ3n) is 12.0. The first kappa shape index (κ1) is 29.8. The Labute approximate surface area is 296 Å². The van der Waals surface area contributed by atoms with E-state index in [1.807, 2.05) is 0 Å². The maximum absolute atomic E-state index is 2.80. The van der Waals surface area contributed by atoms with Crippen LogP contribution in [0.1, 0.15) is 56.2 Å². The molecule has 7 aliphatic rings. The van der Waals surface area contributed by atoms with Crippen LogP contribution in [0.5, 0.6) is 0 Å². The van der Waals surface area contributed by atoms with Crippen LogP contribution in [0.4, 0.5) is 0 Å². The van der Waals surface area contributed by atoms with E-state index >= 15 is 0 Å². The summed E-state index contributed by atoms with van der Waals surface area (Å²) in [6, 6.07) is 20.8. The molecule has 1 aliphatic heterocycles. The molecule has 2 nitrogen and oxygen atoms in total. The van der Waals surface area contributed by atoms with Gasteiger partial charge in [0.25, 0.3) is 0 Å². The Morgan fingerprint density at radius 2 is 1.48 bits per heavy atom. The Balaban J connectivity index is 0.958. The summed E-state index contributed by atoms with van der Waals surface area (Å²) in [6.45, 7) is 0. The van der Waals surface area contributed by atoms with E-state index in [1.54, 1.807) is 11.3 Å². The summed E-state index contributed by atoms with van der Waals surface area (Å²) in [5.74, 6) is 0.927. The van der Waals surface area contributed by atoms with Crippen LogP contribution < -0.4 is 10.6 Å². The fourth-order valence-electron chi connectivity index (χ4n) is 9.60. The number of fused-ring (bicyclic) bond motifs is 5. The van der Waals surface area contributed by atoms with E-state index < -0.39 is 0 Å². The number of aromatic nitrogens is 1. The second-order valence-corrected chi connectivity index (χ2v) is 14.8. The van der Waals surface area contributed by atoms with E-state index in [0.29, 0.717) is 23.9 Å². The predicted molar refractivity (Wildman–Crippen MR) is 209 cm³/mol. The lowest BCUT2D eigenvalue weighted by atomic mass is 9.82. The minimum absolute atomic E-state index is 0.398. The van der Waals surface area contributed by atoms with Gasteiger partial charge in [0.15, 0.2) is 0 Å². The van der Waals surface area contributed by atoms with E-state index in [2.05, 4.69) is 155 Å². The first-order valence-corrected chi connectivity index (χ1v) is 18.9. The zero-order valence-corrected chi connectivity index (χ0v) is 28.7. The molecule has 10 rings (SSSR count). The summed E-state index contributed by atoms with van der Waals surface area (Å²) in [5, 5.41) is 2.79. The molecule has 50 heavy (non-hydrogen) atoms. The molecule has 0 N–H and O–H groups in total. The minimum Gasteiger partial charge on any atom is -0.360 e. The maximum Gasteiger partial charge on any atom is 0.0587 e. The number of nitrogens with zero attached hydrogens (tertiary/aromatic N) is 2. The van der Waals surface area contributed by atoms with E-state index in [9.17, 15) is 0 Å². The summed E-state index contributed by atoms with van der Waals surface area (Å²) < 4.78 is 2.55. The van der Waals surface area contributed by atoms with Gasteiger partial charge in [-0.1, -0.05) is 134 Å². The van der Waals surface area contributed by atoms with Gasteiger partial charge >= 0.3 is 0 Å². The molecule has 3 aromatic rings. The summed E-state index contributed by atoms with van der Waals surface area (Å²) in [7, 11) is 0. The molecule has 0 saturated heterocycles. The van der Waals surface area contributed by atoms with Gasteiger partial charge in [0, 0.05) is 45.0 Å². The van der Waals surface area contributed by atoms with Crippen molar-refractivity contribution in [2.24, 2.45) is 11.8 Å². The Morgan fingerprint density at radius 1 is 0.640 bits per heavy atom. The van der Waals surface area contributed by atoms with Crippen molar-refractivity contribution < 1.29 is 0 Å². The second-order valence-electron chi connectivity index (χ2n) is 14.8. The SMILES string of the molecule is C1=CCC(C2=CC[C@H](N3C4=C(C=CCC4)C4=CC(C5C=c6c7c(n(-c8ccc(-c9ccccc9)cc8)c6=CC5)CCC=C7)=CCC43)C=C2)C=C1.